The number of ether oxygens (including phenoxy) is 1. The number of aromatic nitrogens is 1. The first-order chi connectivity index (χ1) is 13.4. The van der Waals surface area contributed by atoms with Crippen LogP contribution in [0.25, 0.3) is 0 Å². The minimum Gasteiger partial charge on any atom is -0.504 e. The van der Waals surface area contributed by atoms with Crippen LogP contribution in [0, 0.1) is 0 Å². The van der Waals surface area contributed by atoms with E-state index in [0.717, 1.165) is 25.7 Å². The normalized spacial score (nSPS) is 15.6. The number of carbonyl (C=O) groups is 1. The van der Waals surface area contributed by atoms with Gasteiger partial charge in [-0.25, -0.2) is 13.4 Å². The number of benzene rings is 1. The van der Waals surface area contributed by atoms with Gasteiger partial charge in [0.15, 0.2) is 11.6 Å². The number of hydrogen-bond acceptors (Lipinski definition) is 6. The standard InChI is InChI=1S/C19H23N3O5S/c1-27-16-9-8-14(19(24)21-18-15(23)7-6-10-20-18)13-17(16)28(25,26)22-11-4-2-3-5-12-22/h6-10,13,23H,2-5,11-12H2,1H3,(H,20,21,24). The first-order valence-electron chi connectivity index (χ1n) is 9.07. The van der Waals surface area contributed by atoms with Gasteiger partial charge in [-0.2, -0.15) is 4.31 Å². The molecule has 28 heavy (non-hydrogen) atoms. The van der Waals surface area contributed by atoms with Crippen LogP contribution in [0.5, 0.6) is 11.5 Å². The molecule has 1 aliphatic rings. The van der Waals surface area contributed by atoms with Crippen molar-refractivity contribution >= 4 is 21.7 Å². The molecular formula is C19H23N3O5S. The van der Waals surface area contributed by atoms with Crippen LogP contribution in [-0.4, -0.2) is 48.9 Å². The Morgan fingerprint density at radius 3 is 2.54 bits per heavy atom. The highest BCUT2D eigenvalue weighted by molar-refractivity contribution is 7.89. The number of hydrogen-bond donors (Lipinski definition) is 2. The molecule has 0 radical (unpaired) electrons. The van der Waals surface area contributed by atoms with Crippen molar-refractivity contribution in [1.29, 1.82) is 0 Å². The quantitative estimate of drug-likeness (QED) is 0.791. The Morgan fingerprint density at radius 1 is 1.18 bits per heavy atom. The molecule has 0 atom stereocenters. The lowest BCUT2D eigenvalue weighted by Gasteiger charge is -2.21. The van der Waals surface area contributed by atoms with Crippen LogP contribution < -0.4 is 10.1 Å². The van der Waals surface area contributed by atoms with E-state index in [1.807, 2.05) is 0 Å². The topological polar surface area (TPSA) is 109 Å². The van der Waals surface area contributed by atoms with Crippen LogP contribution in [0.15, 0.2) is 41.4 Å². The van der Waals surface area contributed by atoms with Crippen LogP contribution in [0.4, 0.5) is 5.82 Å². The van der Waals surface area contributed by atoms with Gasteiger partial charge in [0.2, 0.25) is 10.0 Å². The van der Waals surface area contributed by atoms with E-state index in [0.29, 0.717) is 13.1 Å². The lowest BCUT2D eigenvalue weighted by Crippen LogP contribution is -2.32. The molecule has 1 amide bonds. The van der Waals surface area contributed by atoms with E-state index in [-0.39, 0.29) is 27.8 Å². The molecule has 0 spiro atoms. The van der Waals surface area contributed by atoms with E-state index in [1.165, 1.54) is 47.9 Å². The second-order valence-corrected chi connectivity index (χ2v) is 8.42. The van der Waals surface area contributed by atoms with Crippen molar-refractivity contribution in [3.05, 3.63) is 42.1 Å². The molecule has 0 saturated carbocycles. The van der Waals surface area contributed by atoms with Crippen LogP contribution in [0.3, 0.4) is 0 Å². The summed E-state index contributed by atoms with van der Waals surface area (Å²) in [4.78, 5) is 16.4. The second-order valence-electron chi connectivity index (χ2n) is 6.51. The van der Waals surface area contributed by atoms with E-state index in [2.05, 4.69) is 10.3 Å². The number of aromatic hydroxyl groups is 1. The number of pyridine rings is 1. The minimum atomic E-state index is -3.80. The molecular weight excluding hydrogens is 382 g/mol. The van der Waals surface area contributed by atoms with Crippen molar-refractivity contribution in [2.24, 2.45) is 0 Å². The molecule has 0 bridgehead atoms. The fourth-order valence-electron chi connectivity index (χ4n) is 3.11. The van der Waals surface area contributed by atoms with Gasteiger partial charge in [0, 0.05) is 24.8 Å². The molecule has 1 saturated heterocycles. The summed E-state index contributed by atoms with van der Waals surface area (Å²) in [7, 11) is -2.41. The SMILES string of the molecule is COc1ccc(C(=O)Nc2ncccc2O)cc1S(=O)(=O)N1CCCCCC1. The molecule has 3 rings (SSSR count). The molecule has 9 heteroatoms. The number of amides is 1. The van der Waals surface area contributed by atoms with Crippen molar-refractivity contribution in [3.8, 4) is 11.5 Å². The summed E-state index contributed by atoms with van der Waals surface area (Å²) in [5.41, 5.74) is 0.124. The molecule has 2 aromatic rings. The monoisotopic (exact) mass is 405 g/mol. The number of rotatable bonds is 5. The average Bonchev–Trinajstić information content (AvgIpc) is 2.99. The van der Waals surface area contributed by atoms with E-state index < -0.39 is 15.9 Å². The van der Waals surface area contributed by atoms with Gasteiger partial charge in [-0.3, -0.25) is 4.79 Å². The van der Waals surface area contributed by atoms with Gasteiger partial charge in [-0.15, -0.1) is 0 Å². The van der Waals surface area contributed by atoms with Crippen LogP contribution in [0.1, 0.15) is 36.0 Å². The molecule has 1 aromatic heterocycles. The second kappa shape index (κ2) is 8.57. The summed E-state index contributed by atoms with van der Waals surface area (Å²) in [6.45, 7) is 0.896. The third-order valence-electron chi connectivity index (χ3n) is 4.63. The molecule has 0 aliphatic carbocycles. The van der Waals surface area contributed by atoms with Gasteiger partial charge in [0.05, 0.1) is 7.11 Å². The van der Waals surface area contributed by atoms with Gasteiger partial charge >= 0.3 is 0 Å². The first-order valence-corrected chi connectivity index (χ1v) is 10.5. The fourth-order valence-corrected chi connectivity index (χ4v) is 4.81. The Hall–Kier alpha value is -2.65. The van der Waals surface area contributed by atoms with Gasteiger partial charge in [-0.1, -0.05) is 12.8 Å². The number of carbonyl (C=O) groups excluding carboxylic acids is 1. The first kappa shape index (κ1) is 20.1. The summed E-state index contributed by atoms with van der Waals surface area (Å²) in [6.07, 6.45) is 5.04. The summed E-state index contributed by atoms with van der Waals surface area (Å²) in [5.74, 6) is -0.576. The molecule has 1 aromatic carbocycles. The molecule has 2 N–H and O–H groups in total. The molecule has 8 nitrogen and oxygen atoms in total. The molecule has 1 aliphatic heterocycles. The number of nitrogens with one attached hydrogen (secondary N) is 1. The maximum absolute atomic E-state index is 13.2. The Balaban J connectivity index is 1.93. The highest BCUT2D eigenvalue weighted by atomic mass is 32.2. The van der Waals surface area contributed by atoms with Crippen molar-refractivity contribution in [3.63, 3.8) is 0 Å². The Morgan fingerprint density at radius 2 is 1.89 bits per heavy atom. The highest BCUT2D eigenvalue weighted by Crippen LogP contribution is 2.30. The fraction of sp³-hybridized carbons (Fsp3) is 0.368. The van der Waals surface area contributed by atoms with Crippen LogP contribution >= 0.6 is 0 Å². The van der Waals surface area contributed by atoms with Crippen LogP contribution in [0.2, 0.25) is 0 Å². The lowest BCUT2D eigenvalue weighted by molar-refractivity contribution is 0.102. The van der Waals surface area contributed by atoms with Crippen molar-refractivity contribution in [2.45, 2.75) is 30.6 Å². The average molecular weight is 405 g/mol. The van der Waals surface area contributed by atoms with Gasteiger partial charge in [0.25, 0.3) is 5.91 Å². The number of sulfonamides is 1. The molecule has 0 unspecified atom stereocenters. The molecule has 150 valence electrons. The summed E-state index contributed by atoms with van der Waals surface area (Å²) < 4.78 is 33.0. The van der Waals surface area contributed by atoms with E-state index in [4.69, 9.17) is 4.74 Å². The largest absolute Gasteiger partial charge is 0.504 e. The Bertz CT molecular complexity index is 954. The zero-order valence-electron chi connectivity index (χ0n) is 15.6. The summed E-state index contributed by atoms with van der Waals surface area (Å²) in [6, 6.07) is 7.15. The third kappa shape index (κ3) is 4.26. The number of anilines is 1. The van der Waals surface area contributed by atoms with Crippen molar-refractivity contribution in [1.82, 2.24) is 9.29 Å². The van der Waals surface area contributed by atoms with E-state index >= 15 is 0 Å². The maximum Gasteiger partial charge on any atom is 0.256 e. The number of nitrogens with zero attached hydrogens (tertiary/aromatic N) is 2. The highest BCUT2D eigenvalue weighted by Gasteiger charge is 2.29. The third-order valence-corrected chi connectivity index (χ3v) is 6.55. The lowest BCUT2D eigenvalue weighted by atomic mass is 10.2. The van der Waals surface area contributed by atoms with E-state index in [9.17, 15) is 18.3 Å². The van der Waals surface area contributed by atoms with Crippen molar-refractivity contribution in [2.75, 3.05) is 25.5 Å². The Labute approximate surface area is 164 Å². The number of methoxy groups -OCH3 is 1. The molecule has 2 heterocycles. The zero-order valence-corrected chi connectivity index (χ0v) is 16.4. The summed E-state index contributed by atoms with van der Waals surface area (Å²) in [5, 5.41) is 12.3. The van der Waals surface area contributed by atoms with Gasteiger partial charge < -0.3 is 15.2 Å². The smallest absolute Gasteiger partial charge is 0.256 e. The minimum absolute atomic E-state index is 0.000225. The maximum atomic E-state index is 13.2. The van der Waals surface area contributed by atoms with Gasteiger partial charge in [-0.05, 0) is 43.2 Å². The Kier molecular flexibility index (Phi) is 6.15. The van der Waals surface area contributed by atoms with Crippen LogP contribution in [-0.2, 0) is 10.0 Å². The molecule has 1 fully saturated rings. The predicted octanol–water partition coefficient (Wildman–Crippen LogP) is 2.61. The van der Waals surface area contributed by atoms with Gasteiger partial charge in [0.1, 0.15) is 10.6 Å². The van der Waals surface area contributed by atoms with E-state index in [1.54, 1.807) is 0 Å². The predicted molar refractivity (Wildman–Crippen MR) is 104 cm³/mol. The summed E-state index contributed by atoms with van der Waals surface area (Å²) >= 11 is 0. The van der Waals surface area contributed by atoms with Crippen molar-refractivity contribution < 1.29 is 23.1 Å². The zero-order chi connectivity index (χ0) is 20.1.